The van der Waals surface area contributed by atoms with Crippen molar-refractivity contribution in [1.29, 1.82) is 0 Å². The maximum Gasteiger partial charge on any atom is 0.417 e. The minimum Gasteiger partial charge on any atom is -0.495 e. The fourth-order valence-electron chi connectivity index (χ4n) is 3.28. The number of amides is 1. The highest BCUT2D eigenvalue weighted by Gasteiger charge is 2.08. The van der Waals surface area contributed by atoms with Crippen molar-refractivity contribution >= 4 is 34.9 Å². The molecule has 0 spiro atoms. The van der Waals surface area contributed by atoms with Gasteiger partial charge in [0.2, 0.25) is 0 Å². The lowest BCUT2D eigenvalue weighted by Gasteiger charge is -2.10. The summed E-state index contributed by atoms with van der Waals surface area (Å²) >= 11 is 0. The first-order valence-electron chi connectivity index (χ1n) is 10.8. The predicted octanol–water partition coefficient (Wildman–Crippen LogP) is 5.23. The van der Waals surface area contributed by atoms with E-state index in [0.29, 0.717) is 34.4 Å². The van der Waals surface area contributed by atoms with Crippen molar-refractivity contribution in [2.45, 2.75) is 0 Å². The summed E-state index contributed by atoms with van der Waals surface area (Å²) in [6.07, 6.45) is 1.03. The number of ether oxygens (including phenoxy) is 2. The molecule has 0 fully saturated rings. The number of carbonyl (C=O) groups excluding carboxylic acids is 1. The Bertz CT molecular complexity index is 1360. The van der Waals surface area contributed by atoms with Gasteiger partial charge in [0.1, 0.15) is 11.5 Å². The van der Waals surface area contributed by atoms with Gasteiger partial charge in [0.25, 0.3) is 0 Å². The fraction of sp³-hybridized carbons (Fsp3) is 0.0385. The first-order chi connectivity index (χ1) is 17.5. The lowest BCUT2D eigenvalue weighted by molar-refractivity contribution is 0.215. The second-order valence-electron chi connectivity index (χ2n) is 7.46. The Morgan fingerprint density at radius 2 is 1.72 bits per heavy atom. The van der Waals surface area contributed by atoms with Gasteiger partial charge in [-0.15, -0.1) is 0 Å². The largest absolute Gasteiger partial charge is 0.495 e. The summed E-state index contributed by atoms with van der Waals surface area (Å²) in [5.74, 6) is 1.58. The van der Waals surface area contributed by atoms with Gasteiger partial charge in [-0.25, -0.2) is 9.78 Å². The standard InChI is InChI=1S/C26H24N6O4/c1-35-23-8-3-2-7-22(23)30-25(27)31-24-14-9-18(16-28-24)17-5-4-6-20(15-17)29-26(33)36-21-12-10-19(32-34)11-13-21/h2-16,32,34H,1H3,(H,29,33)(H3,27,28,30,31). The van der Waals surface area contributed by atoms with E-state index in [-0.39, 0.29) is 5.96 Å². The van der Waals surface area contributed by atoms with Gasteiger partial charge in [0, 0.05) is 17.4 Å². The van der Waals surface area contributed by atoms with Crippen LogP contribution in [0.1, 0.15) is 0 Å². The van der Waals surface area contributed by atoms with Gasteiger partial charge < -0.3 is 20.5 Å². The Hall–Kier alpha value is -5.09. The number of pyridine rings is 1. The number of aliphatic imine (C=N–C) groups is 1. The maximum atomic E-state index is 12.3. The van der Waals surface area contributed by atoms with E-state index >= 15 is 0 Å². The summed E-state index contributed by atoms with van der Waals surface area (Å²) in [5.41, 5.74) is 11.4. The Labute approximate surface area is 207 Å². The summed E-state index contributed by atoms with van der Waals surface area (Å²) in [5, 5.41) is 14.6. The zero-order valence-electron chi connectivity index (χ0n) is 19.3. The van der Waals surface area contributed by atoms with E-state index in [1.54, 1.807) is 55.8 Å². The van der Waals surface area contributed by atoms with Crippen molar-refractivity contribution in [2.75, 3.05) is 23.2 Å². The van der Waals surface area contributed by atoms with Crippen LogP contribution in [-0.4, -0.2) is 29.4 Å². The van der Waals surface area contributed by atoms with Crippen molar-refractivity contribution in [1.82, 2.24) is 4.98 Å². The van der Waals surface area contributed by atoms with Crippen LogP contribution < -0.4 is 31.3 Å². The minimum atomic E-state index is -0.641. The van der Waals surface area contributed by atoms with E-state index in [0.717, 1.165) is 11.1 Å². The third-order valence-electron chi connectivity index (χ3n) is 4.99. The monoisotopic (exact) mass is 484 g/mol. The zero-order valence-corrected chi connectivity index (χ0v) is 19.3. The molecule has 6 N–H and O–H groups in total. The summed E-state index contributed by atoms with van der Waals surface area (Å²) < 4.78 is 10.6. The van der Waals surface area contributed by atoms with Gasteiger partial charge in [0.05, 0.1) is 18.5 Å². The Kier molecular flexibility index (Phi) is 7.59. The van der Waals surface area contributed by atoms with Crippen LogP contribution in [0.15, 0.2) is 96.1 Å². The van der Waals surface area contributed by atoms with Gasteiger partial charge in [0.15, 0.2) is 11.8 Å². The van der Waals surface area contributed by atoms with E-state index in [2.05, 4.69) is 20.6 Å². The number of aromatic nitrogens is 1. The highest BCUT2D eigenvalue weighted by molar-refractivity contribution is 5.95. The number of guanidine groups is 1. The van der Waals surface area contributed by atoms with Gasteiger partial charge in [-0.2, -0.15) is 4.99 Å². The molecule has 0 aliphatic heterocycles. The number of anilines is 3. The van der Waals surface area contributed by atoms with Crippen molar-refractivity contribution in [2.24, 2.45) is 10.7 Å². The molecule has 3 aromatic carbocycles. The van der Waals surface area contributed by atoms with E-state index in [1.807, 2.05) is 47.9 Å². The molecular formula is C26H24N6O4. The third-order valence-corrected chi connectivity index (χ3v) is 4.99. The van der Waals surface area contributed by atoms with Gasteiger partial charge in [-0.3, -0.25) is 16.0 Å². The number of benzene rings is 3. The molecule has 0 aliphatic carbocycles. The van der Waals surface area contributed by atoms with Crippen LogP contribution in [0.25, 0.3) is 11.1 Å². The third kappa shape index (κ3) is 6.27. The molecule has 10 nitrogen and oxygen atoms in total. The van der Waals surface area contributed by atoms with Crippen LogP contribution in [0.4, 0.5) is 27.7 Å². The first kappa shape index (κ1) is 24.0. The molecule has 0 radical (unpaired) electrons. The molecule has 0 bridgehead atoms. The summed E-state index contributed by atoms with van der Waals surface area (Å²) in [6.45, 7) is 0. The van der Waals surface area contributed by atoms with Gasteiger partial charge in [-0.1, -0.05) is 24.3 Å². The number of carbonyl (C=O) groups is 1. The fourth-order valence-corrected chi connectivity index (χ4v) is 3.28. The summed E-state index contributed by atoms with van der Waals surface area (Å²) in [6, 6.07) is 24.5. The molecule has 1 amide bonds. The molecule has 36 heavy (non-hydrogen) atoms. The molecule has 182 valence electrons. The van der Waals surface area contributed by atoms with Crippen LogP contribution in [0.2, 0.25) is 0 Å². The molecule has 0 saturated carbocycles. The van der Waals surface area contributed by atoms with Gasteiger partial charge >= 0.3 is 6.09 Å². The number of rotatable bonds is 7. The molecule has 10 heteroatoms. The number of nitrogens with one attached hydrogen (secondary N) is 3. The highest BCUT2D eigenvalue weighted by atomic mass is 16.6. The smallest absolute Gasteiger partial charge is 0.417 e. The number of para-hydroxylation sites is 2. The molecule has 1 aromatic heterocycles. The SMILES string of the molecule is COc1ccccc1NC(N)=Nc1ccc(-c2cccc(NC(=O)Oc3ccc(NO)cc3)c2)cn1. The lowest BCUT2D eigenvalue weighted by atomic mass is 10.1. The Balaban J connectivity index is 1.40. The van der Waals surface area contributed by atoms with E-state index in [9.17, 15) is 4.79 Å². The van der Waals surface area contributed by atoms with Crippen LogP contribution in [0.5, 0.6) is 11.5 Å². The molecule has 0 unspecified atom stereocenters. The molecule has 4 rings (SSSR count). The topological polar surface area (TPSA) is 143 Å². The van der Waals surface area contributed by atoms with E-state index in [1.165, 1.54) is 0 Å². The van der Waals surface area contributed by atoms with Crippen LogP contribution >= 0.6 is 0 Å². The molecule has 1 heterocycles. The average Bonchev–Trinajstić information content (AvgIpc) is 2.90. The summed E-state index contributed by atoms with van der Waals surface area (Å²) in [4.78, 5) is 20.9. The minimum absolute atomic E-state index is 0.173. The Morgan fingerprint density at radius 3 is 2.44 bits per heavy atom. The van der Waals surface area contributed by atoms with E-state index < -0.39 is 6.09 Å². The number of nitrogens with two attached hydrogens (primary N) is 1. The number of nitrogens with zero attached hydrogens (tertiary/aromatic N) is 2. The second kappa shape index (κ2) is 11.4. The van der Waals surface area contributed by atoms with Crippen molar-refractivity contribution in [3.05, 3.63) is 91.1 Å². The van der Waals surface area contributed by atoms with Crippen LogP contribution in [-0.2, 0) is 0 Å². The Morgan fingerprint density at radius 1 is 0.917 bits per heavy atom. The summed E-state index contributed by atoms with van der Waals surface area (Å²) in [7, 11) is 1.58. The highest BCUT2D eigenvalue weighted by Crippen LogP contribution is 2.25. The van der Waals surface area contributed by atoms with Crippen molar-refractivity contribution < 1.29 is 19.5 Å². The molecule has 0 aliphatic rings. The number of hydrogen-bond acceptors (Lipinski definition) is 7. The number of hydrogen-bond donors (Lipinski definition) is 5. The maximum absolute atomic E-state index is 12.3. The van der Waals surface area contributed by atoms with Gasteiger partial charge in [-0.05, 0) is 66.2 Å². The quantitative estimate of drug-likeness (QED) is 0.136. The van der Waals surface area contributed by atoms with Crippen LogP contribution in [0, 0.1) is 0 Å². The number of methoxy groups -OCH3 is 1. The predicted molar refractivity (Wildman–Crippen MR) is 139 cm³/mol. The van der Waals surface area contributed by atoms with Crippen LogP contribution in [0.3, 0.4) is 0 Å². The van der Waals surface area contributed by atoms with Crippen molar-refractivity contribution in [3.63, 3.8) is 0 Å². The molecular weight excluding hydrogens is 460 g/mol. The van der Waals surface area contributed by atoms with E-state index in [4.69, 9.17) is 20.4 Å². The second-order valence-corrected chi connectivity index (χ2v) is 7.46. The average molecular weight is 485 g/mol. The first-order valence-corrected chi connectivity index (χ1v) is 10.8. The molecule has 0 atom stereocenters. The molecule has 0 saturated heterocycles. The lowest BCUT2D eigenvalue weighted by Crippen LogP contribution is -2.22. The normalized spacial score (nSPS) is 10.9. The molecule has 4 aromatic rings. The van der Waals surface area contributed by atoms with Crippen molar-refractivity contribution in [3.8, 4) is 22.6 Å². The zero-order chi connectivity index (χ0) is 25.3.